The maximum atomic E-state index is 10.6. The van der Waals surface area contributed by atoms with Crippen LogP contribution in [0.3, 0.4) is 0 Å². The van der Waals surface area contributed by atoms with Crippen molar-refractivity contribution in [1.82, 2.24) is 0 Å². The van der Waals surface area contributed by atoms with E-state index < -0.39 is 7.82 Å². The molecular weight excluding hydrogens is 527 g/mol. The molecule has 0 spiro atoms. The van der Waals surface area contributed by atoms with E-state index in [4.69, 9.17) is 21.4 Å². The summed E-state index contributed by atoms with van der Waals surface area (Å²) < 4.78 is 15.0. The minimum absolute atomic E-state index is 0.169. The van der Waals surface area contributed by atoms with Crippen LogP contribution in [0.5, 0.6) is 0 Å². The monoisotopic (exact) mass is 594 g/mol. The molecule has 0 aromatic rings. The Morgan fingerprint density at radius 1 is 0.359 bits per heavy atom. The third kappa shape index (κ3) is 38.4. The van der Waals surface area contributed by atoms with Crippen molar-refractivity contribution < 1.29 is 18.9 Å². The average molecular weight is 595 g/mol. The van der Waals surface area contributed by atoms with E-state index in [2.05, 4.69) is 4.52 Å². The van der Waals surface area contributed by atoms with Crippen LogP contribution in [-0.4, -0.2) is 22.3 Å². The van der Waals surface area contributed by atoms with Crippen molar-refractivity contribution in [3.8, 4) is 0 Å². The molecule has 2 N–H and O–H groups in total. The largest absolute Gasteiger partial charge is 0.469 e. The first-order chi connectivity index (χ1) is 19.1. The van der Waals surface area contributed by atoms with Gasteiger partial charge in [-0.3, -0.25) is 4.52 Å². The highest BCUT2D eigenvalue weighted by Crippen LogP contribution is 2.35. The lowest BCUT2D eigenvalue weighted by Gasteiger charge is -2.05. The second-order valence-corrected chi connectivity index (χ2v) is 13.6. The zero-order valence-corrected chi connectivity index (χ0v) is 27.5. The summed E-state index contributed by atoms with van der Waals surface area (Å²) in [4.78, 5) is 17.2. The van der Waals surface area contributed by atoms with Crippen LogP contribution in [0, 0.1) is 0 Å². The smallest absolute Gasteiger partial charge is 0.303 e. The highest BCUT2D eigenvalue weighted by molar-refractivity contribution is 7.46. The molecule has 0 saturated carbocycles. The average Bonchev–Trinajstić information content (AvgIpc) is 2.90. The van der Waals surface area contributed by atoms with Gasteiger partial charge in [0, 0.05) is 5.88 Å². The molecule has 0 bridgehead atoms. The fourth-order valence-electron chi connectivity index (χ4n) is 5.51. The number of rotatable bonds is 34. The lowest BCUT2D eigenvalue weighted by atomic mass is 10.0. The second kappa shape index (κ2) is 32.9. The fourth-order valence-corrected chi connectivity index (χ4v) is 6.06. The second-order valence-electron chi connectivity index (χ2n) is 12.0. The number of hydrogen-bond acceptors (Lipinski definition) is 2. The predicted octanol–water partition coefficient (Wildman–Crippen LogP) is 12.4. The standard InChI is InChI=1S/C33H68ClO4P/c34-32-30-28-26-24-22-20-18-16-14-12-10-8-6-4-2-1-3-5-7-9-11-13-15-17-19-21-23-25-27-29-31-33-38-39(35,36)37/h1-33H2,(H2,35,36,37). The minimum atomic E-state index is -4.27. The minimum Gasteiger partial charge on any atom is -0.303 e. The molecule has 0 unspecified atom stereocenters. The Kier molecular flexibility index (Phi) is 33.2. The summed E-state index contributed by atoms with van der Waals surface area (Å²) in [7, 11) is -4.27. The van der Waals surface area contributed by atoms with Crippen molar-refractivity contribution in [2.45, 2.75) is 199 Å². The van der Waals surface area contributed by atoms with E-state index >= 15 is 0 Å². The molecule has 236 valence electrons. The molecule has 39 heavy (non-hydrogen) atoms. The van der Waals surface area contributed by atoms with Crippen LogP contribution < -0.4 is 0 Å². The SMILES string of the molecule is O=P(O)(O)OCCCCCCCCCCCCCCCCCCCCCCCCCCCCCCCCCCl. The van der Waals surface area contributed by atoms with E-state index in [1.807, 2.05) is 0 Å². The van der Waals surface area contributed by atoms with Crippen molar-refractivity contribution in [3.05, 3.63) is 0 Å². The number of unbranched alkanes of at least 4 members (excludes halogenated alkanes) is 30. The first-order valence-corrected chi connectivity index (χ1v) is 19.4. The van der Waals surface area contributed by atoms with E-state index in [1.165, 1.54) is 180 Å². The van der Waals surface area contributed by atoms with Crippen molar-refractivity contribution in [2.75, 3.05) is 12.5 Å². The molecule has 0 heterocycles. The van der Waals surface area contributed by atoms with Crippen molar-refractivity contribution in [3.63, 3.8) is 0 Å². The number of phosphoric ester groups is 1. The zero-order chi connectivity index (χ0) is 28.5. The van der Waals surface area contributed by atoms with E-state index in [-0.39, 0.29) is 6.61 Å². The molecule has 0 aliphatic carbocycles. The normalized spacial score (nSPS) is 12.0. The van der Waals surface area contributed by atoms with Gasteiger partial charge < -0.3 is 9.79 Å². The highest BCUT2D eigenvalue weighted by Gasteiger charge is 2.12. The molecule has 0 rings (SSSR count). The van der Waals surface area contributed by atoms with Gasteiger partial charge in [0.2, 0.25) is 0 Å². The van der Waals surface area contributed by atoms with Gasteiger partial charge in [0.25, 0.3) is 0 Å². The summed E-state index contributed by atoms with van der Waals surface area (Å²) in [5.41, 5.74) is 0. The van der Waals surface area contributed by atoms with E-state index in [0.29, 0.717) is 0 Å². The molecule has 4 nitrogen and oxygen atoms in total. The van der Waals surface area contributed by atoms with Gasteiger partial charge in [-0.05, 0) is 12.8 Å². The van der Waals surface area contributed by atoms with Gasteiger partial charge in [-0.25, -0.2) is 4.57 Å². The Hall–Kier alpha value is 0.400. The molecule has 0 fully saturated rings. The third-order valence-electron chi connectivity index (χ3n) is 8.04. The van der Waals surface area contributed by atoms with Crippen LogP contribution in [0.1, 0.15) is 199 Å². The molecular formula is C33H68ClO4P. The molecule has 0 aliphatic heterocycles. The predicted molar refractivity (Wildman–Crippen MR) is 172 cm³/mol. The first-order valence-electron chi connectivity index (χ1n) is 17.3. The molecule has 0 aliphatic rings. The molecule has 0 aromatic heterocycles. The van der Waals surface area contributed by atoms with Crippen molar-refractivity contribution in [1.29, 1.82) is 0 Å². The molecule has 0 saturated heterocycles. The summed E-state index contributed by atoms with van der Waals surface area (Å²) in [5.74, 6) is 0.835. The summed E-state index contributed by atoms with van der Waals surface area (Å²) in [6, 6.07) is 0. The van der Waals surface area contributed by atoms with Gasteiger partial charge in [0.1, 0.15) is 0 Å². The van der Waals surface area contributed by atoms with E-state index in [0.717, 1.165) is 25.1 Å². The summed E-state index contributed by atoms with van der Waals surface area (Å²) >= 11 is 5.72. The van der Waals surface area contributed by atoms with Crippen molar-refractivity contribution >= 4 is 19.4 Å². The Bertz CT molecular complexity index is 500. The molecule has 0 aromatic carbocycles. The third-order valence-corrected chi connectivity index (χ3v) is 8.82. The Morgan fingerprint density at radius 3 is 0.718 bits per heavy atom. The van der Waals surface area contributed by atoms with E-state index in [9.17, 15) is 4.57 Å². The Labute approximate surface area is 249 Å². The van der Waals surface area contributed by atoms with E-state index in [1.54, 1.807) is 0 Å². The molecule has 6 heteroatoms. The van der Waals surface area contributed by atoms with Gasteiger partial charge in [0.05, 0.1) is 6.61 Å². The molecule has 0 radical (unpaired) electrons. The number of alkyl halides is 1. The fraction of sp³-hybridized carbons (Fsp3) is 1.00. The van der Waals surface area contributed by atoms with Crippen LogP contribution >= 0.6 is 19.4 Å². The van der Waals surface area contributed by atoms with Crippen LogP contribution in [-0.2, 0) is 9.09 Å². The van der Waals surface area contributed by atoms with Gasteiger partial charge in [-0.2, -0.15) is 0 Å². The number of phosphoric acid groups is 1. The van der Waals surface area contributed by atoms with Crippen LogP contribution in [0.4, 0.5) is 0 Å². The first kappa shape index (κ1) is 39.4. The molecule has 0 atom stereocenters. The van der Waals surface area contributed by atoms with Gasteiger partial charge in [-0.1, -0.05) is 186 Å². The van der Waals surface area contributed by atoms with Crippen molar-refractivity contribution in [2.24, 2.45) is 0 Å². The Morgan fingerprint density at radius 2 is 0.538 bits per heavy atom. The quantitative estimate of drug-likeness (QED) is 0.0441. The Balaban J connectivity index is 3.04. The summed E-state index contributed by atoms with van der Waals surface area (Å²) in [6.45, 7) is 0.169. The maximum Gasteiger partial charge on any atom is 0.469 e. The van der Waals surface area contributed by atoms with Gasteiger partial charge in [-0.15, -0.1) is 11.6 Å². The summed E-state index contributed by atoms with van der Waals surface area (Å²) in [5, 5.41) is 0. The van der Waals surface area contributed by atoms with Gasteiger partial charge >= 0.3 is 7.82 Å². The lowest BCUT2D eigenvalue weighted by Crippen LogP contribution is -1.92. The lowest BCUT2D eigenvalue weighted by molar-refractivity contribution is 0.193. The zero-order valence-electron chi connectivity index (χ0n) is 25.9. The topological polar surface area (TPSA) is 66.8 Å². The number of halogens is 1. The number of hydrogen-bond donors (Lipinski definition) is 2. The highest BCUT2D eigenvalue weighted by atomic mass is 35.5. The van der Waals surface area contributed by atoms with Crippen LogP contribution in [0.25, 0.3) is 0 Å². The summed E-state index contributed by atoms with van der Waals surface area (Å²) in [6.07, 6.45) is 42.2. The maximum absolute atomic E-state index is 10.6. The molecule has 0 amide bonds. The van der Waals surface area contributed by atoms with Gasteiger partial charge in [0.15, 0.2) is 0 Å². The van der Waals surface area contributed by atoms with Crippen LogP contribution in [0.2, 0.25) is 0 Å². The van der Waals surface area contributed by atoms with Crippen LogP contribution in [0.15, 0.2) is 0 Å².